The normalized spacial score (nSPS) is 16.6. The third-order valence-electron chi connectivity index (χ3n) is 1.02. The molecule has 0 saturated carbocycles. The molecule has 1 atom stereocenters. The van der Waals surface area contributed by atoms with E-state index in [4.69, 9.17) is 19.8 Å². The lowest BCUT2D eigenvalue weighted by Gasteiger charge is -2.11. The minimum atomic E-state index is -5.03. The van der Waals surface area contributed by atoms with Crippen LogP contribution in [-0.4, -0.2) is 33.0 Å². The summed E-state index contributed by atoms with van der Waals surface area (Å²) in [5.41, 5.74) is 0. The van der Waals surface area contributed by atoms with E-state index in [0.717, 1.165) is 0 Å². The summed E-state index contributed by atoms with van der Waals surface area (Å²) >= 11 is 0. The SMILES string of the molecule is O=P(O)(O)OP(=O)(O)OCCCCO. The zero-order chi connectivity index (χ0) is 11.2. The molecule has 0 rings (SSSR count). The van der Waals surface area contributed by atoms with Gasteiger partial charge < -0.3 is 19.8 Å². The standard InChI is InChI=1S/C4H12O8P2/c5-3-1-2-4-11-14(9,10)12-13(6,7)8/h5H,1-4H2,(H,9,10)(H2,6,7,8). The van der Waals surface area contributed by atoms with E-state index in [9.17, 15) is 9.13 Å². The summed E-state index contributed by atoms with van der Waals surface area (Å²) in [4.78, 5) is 25.1. The fraction of sp³-hybridized carbons (Fsp3) is 1.00. The van der Waals surface area contributed by atoms with Crippen molar-refractivity contribution in [1.82, 2.24) is 0 Å². The minimum Gasteiger partial charge on any atom is -0.396 e. The number of unbranched alkanes of at least 4 members (excludes halogenated alkanes) is 1. The lowest BCUT2D eigenvalue weighted by Crippen LogP contribution is -1.97. The van der Waals surface area contributed by atoms with E-state index in [1.807, 2.05) is 0 Å². The second-order valence-corrected chi connectivity index (χ2v) is 5.13. The molecule has 0 bridgehead atoms. The third-order valence-corrected chi connectivity index (χ3v) is 3.20. The van der Waals surface area contributed by atoms with Gasteiger partial charge in [-0.1, -0.05) is 0 Å². The van der Waals surface area contributed by atoms with Crippen molar-refractivity contribution in [2.45, 2.75) is 12.8 Å². The molecule has 14 heavy (non-hydrogen) atoms. The van der Waals surface area contributed by atoms with Crippen molar-refractivity contribution in [3.63, 3.8) is 0 Å². The molecule has 0 aliphatic rings. The highest BCUT2D eigenvalue weighted by Gasteiger charge is 2.31. The largest absolute Gasteiger partial charge is 0.481 e. The molecule has 86 valence electrons. The van der Waals surface area contributed by atoms with Crippen LogP contribution in [0.5, 0.6) is 0 Å². The van der Waals surface area contributed by atoms with Crippen LogP contribution in [0.2, 0.25) is 0 Å². The molecule has 0 aromatic heterocycles. The van der Waals surface area contributed by atoms with Crippen LogP contribution in [0.3, 0.4) is 0 Å². The van der Waals surface area contributed by atoms with Crippen molar-refractivity contribution < 1.29 is 37.8 Å². The Bertz CT molecular complexity index is 246. The molecule has 0 aliphatic carbocycles. The molecular weight excluding hydrogens is 238 g/mol. The second kappa shape index (κ2) is 5.95. The van der Waals surface area contributed by atoms with E-state index < -0.39 is 15.6 Å². The Morgan fingerprint density at radius 2 is 1.64 bits per heavy atom. The molecule has 4 N–H and O–H groups in total. The lowest BCUT2D eigenvalue weighted by molar-refractivity contribution is 0.171. The average molecular weight is 250 g/mol. The number of hydrogen-bond acceptors (Lipinski definition) is 5. The molecular formula is C4H12O8P2. The maximum atomic E-state index is 10.7. The van der Waals surface area contributed by atoms with E-state index in [0.29, 0.717) is 6.42 Å². The molecule has 0 aromatic carbocycles. The fourth-order valence-corrected chi connectivity index (χ4v) is 2.18. The zero-order valence-corrected chi connectivity index (χ0v) is 8.93. The number of phosphoric ester groups is 1. The summed E-state index contributed by atoms with van der Waals surface area (Å²) in [6.45, 7) is -0.327. The first kappa shape index (κ1) is 14.2. The van der Waals surface area contributed by atoms with Gasteiger partial charge in [0.25, 0.3) is 0 Å². The number of phosphoric acid groups is 2. The predicted octanol–water partition coefficient (Wildman–Crippen LogP) is -0.0148. The van der Waals surface area contributed by atoms with Crippen LogP contribution in [-0.2, 0) is 18.0 Å². The predicted molar refractivity (Wildman–Crippen MR) is 45.2 cm³/mol. The summed E-state index contributed by atoms with van der Waals surface area (Å²) in [7, 11) is -9.73. The first-order chi connectivity index (χ1) is 6.27. The maximum Gasteiger partial charge on any atom is 0.481 e. The Morgan fingerprint density at radius 3 is 2.07 bits per heavy atom. The molecule has 0 heterocycles. The smallest absolute Gasteiger partial charge is 0.396 e. The summed E-state index contributed by atoms with van der Waals surface area (Å²) in [5.74, 6) is 0. The Hall–Kier alpha value is 0.220. The van der Waals surface area contributed by atoms with Crippen LogP contribution < -0.4 is 0 Å². The molecule has 8 nitrogen and oxygen atoms in total. The first-order valence-corrected chi connectivity index (χ1v) is 6.64. The molecule has 10 heteroatoms. The molecule has 0 spiro atoms. The van der Waals surface area contributed by atoms with Crippen LogP contribution in [0, 0.1) is 0 Å². The van der Waals surface area contributed by atoms with Crippen LogP contribution in [0.4, 0.5) is 0 Å². The maximum absolute atomic E-state index is 10.7. The van der Waals surface area contributed by atoms with E-state index >= 15 is 0 Å². The summed E-state index contributed by atoms with van der Waals surface area (Å²) in [6, 6.07) is 0. The summed E-state index contributed by atoms with van der Waals surface area (Å²) in [5, 5.41) is 8.34. The van der Waals surface area contributed by atoms with Crippen LogP contribution >= 0.6 is 15.6 Å². The molecule has 0 radical (unpaired) electrons. The molecule has 0 aliphatic heterocycles. The van der Waals surface area contributed by atoms with Gasteiger partial charge in [-0.2, -0.15) is 4.31 Å². The van der Waals surface area contributed by atoms with Gasteiger partial charge in [0.1, 0.15) is 0 Å². The fourth-order valence-electron chi connectivity index (χ4n) is 0.552. The van der Waals surface area contributed by atoms with Gasteiger partial charge in [0.15, 0.2) is 0 Å². The second-order valence-electron chi connectivity index (χ2n) is 2.30. The molecule has 0 saturated heterocycles. The van der Waals surface area contributed by atoms with E-state index in [1.54, 1.807) is 0 Å². The van der Waals surface area contributed by atoms with Gasteiger partial charge >= 0.3 is 15.6 Å². The highest BCUT2D eigenvalue weighted by atomic mass is 31.3. The monoisotopic (exact) mass is 250 g/mol. The van der Waals surface area contributed by atoms with Gasteiger partial charge in [-0.05, 0) is 12.8 Å². The lowest BCUT2D eigenvalue weighted by atomic mass is 10.3. The van der Waals surface area contributed by atoms with Crippen molar-refractivity contribution in [2.75, 3.05) is 13.2 Å². The van der Waals surface area contributed by atoms with Crippen LogP contribution in [0.1, 0.15) is 12.8 Å². The van der Waals surface area contributed by atoms with Crippen molar-refractivity contribution in [3.05, 3.63) is 0 Å². The number of aliphatic hydroxyl groups excluding tert-OH is 1. The molecule has 0 amide bonds. The highest BCUT2D eigenvalue weighted by Crippen LogP contribution is 2.57. The van der Waals surface area contributed by atoms with Gasteiger partial charge in [-0.15, -0.1) is 0 Å². The highest BCUT2D eigenvalue weighted by molar-refractivity contribution is 7.60. The first-order valence-electron chi connectivity index (χ1n) is 3.62. The Kier molecular flexibility index (Phi) is 6.04. The average Bonchev–Trinajstić information content (AvgIpc) is 1.93. The van der Waals surface area contributed by atoms with Gasteiger partial charge in [0.2, 0.25) is 0 Å². The Balaban J connectivity index is 3.85. The number of hydrogen-bond donors (Lipinski definition) is 4. The topological polar surface area (TPSA) is 134 Å². The van der Waals surface area contributed by atoms with Gasteiger partial charge in [0, 0.05) is 6.61 Å². The van der Waals surface area contributed by atoms with Gasteiger partial charge in [0.05, 0.1) is 6.61 Å². The molecule has 0 fully saturated rings. The van der Waals surface area contributed by atoms with Crippen LogP contribution in [0.15, 0.2) is 0 Å². The summed E-state index contributed by atoms with van der Waals surface area (Å²) < 4.78 is 28.6. The summed E-state index contributed by atoms with van der Waals surface area (Å²) in [6.07, 6.45) is 0.640. The quantitative estimate of drug-likeness (QED) is 0.366. The number of rotatable bonds is 7. The van der Waals surface area contributed by atoms with Crippen molar-refractivity contribution in [2.24, 2.45) is 0 Å². The van der Waals surface area contributed by atoms with Gasteiger partial charge in [-0.25, -0.2) is 9.13 Å². The zero-order valence-electron chi connectivity index (χ0n) is 7.14. The third kappa shape index (κ3) is 8.80. The van der Waals surface area contributed by atoms with E-state index in [1.165, 1.54) is 0 Å². The van der Waals surface area contributed by atoms with Gasteiger partial charge in [-0.3, -0.25) is 4.52 Å². The van der Waals surface area contributed by atoms with E-state index in [2.05, 4.69) is 8.83 Å². The molecule has 1 unspecified atom stereocenters. The Morgan fingerprint density at radius 1 is 1.07 bits per heavy atom. The van der Waals surface area contributed by atoms with E-state index in [-0.39, 0.29) is 19.6 Å². The Labute approximate surface area is 80.3 Å². The van der Waals surface area contributed by atoms with Crippen molar-refractivity contribution in [1.29, 1.82) is 0 Å². The van der Waals surface area contributed by atoms with Crippen LogP contribution in [0.25, 0.3) is 0 Å². The minimum absolute atomic E-state index is 0.0988. The molecule has 0 aromatic rings. The van der Waals surface area contributed by atoms with Crippen molar-refractivity contribution in [3.8, 4) is 0 Å². The van der Waals surface area contributed by atoms with Crippen molar-refractivity contribution >= 4 is 15.6 Å². The number of aliphatic hydroxyl groups is 1.